The van der Waals surface area contributed by atoms with Crippen LogP contribution in [0.5, 0.6) is 5.75 Å². The lowest BCUT2D eigenvalue weighted by atomic mass is 9.96. The van der Waals surface area contributed by atoms with Crippen LogP contribution in [0.2, 0.25) is 0 Å². The number of halogens is 1. The number of carbonyl (C=O) groups is 1. The van der Waals surface area contributed by atoms with Crippen molar-refractivity contribution in [2.75, 3.05) is 0 Å². The Morgan fingerprint density at radius 3 is 2.58 bits per heavy atom. The maximum absolute atomic E-state index is 14.5. The van der Waals surface area contributed by atoms with Gasteiger partial charge in [-0.1, -0.05) is 18.2 Å². The molecule has 1 aromatic carbocycles. The van der Waals surface area contributed by atoms with E-state index in [1.54, 1.807) is 6.08 Å². The average Bonchev–Trinajstić information content (AvgIpc) is 2.39. The first-order valence-electron chi connectivity index (χ1n) is 5.49. The molecule has 1 aliphatic carbocycles. The predicted molar refractivity (Wildman–Crippen MR) is 65.4 cm³/mol. The van der Waals surface area contributed by atoms with Gasteiger partial charge in [0.2, 0.25) is 0 Å². The van der Waals surface area contributed by atoms with Crippen molar-refractivity contribution in [3.63, 3.8) is 0 Å². The number of hydrogen-bond donors (Lipinski definition) is 0. The van der Waals surface area contributed by atoms with E-state index in [4.69, 9.17) is 4.74 Å². The van der Waals surface area contributed by atoms with E-state index in [9.17, 15) is 19.3 Å². The van der Waals surface area contributed by atoms with Gasteiger partial charge in [-0.2, -0.15) is 4.39 Å². The molecule has 0 saturated carbocycles. The molecule has 5 nitrogen and oxygen atoms in total. The average molecular weight is 263 g/mol. The van der Waals surface area contributed by atoms with Gasteiger partial charge in [0.1, 0.15) is 18.0 Å². The third kappa shape index (κ3) is 2.67. The molecule has 0 saturated heterocycles. The number of allylic oxidation sites excluding steroid dienone is 2. The lowest BCUT2D eigenvalue weighted by Crippen LogP contribution is -2.38. The molecule has 98 valence electrons. The van der Waals surface area contributed by atoms with Gasteiger partial charge in [-0.15, -0.1) is 0 Å². The number of ether oxygens (including phenoxy) is 1. The van der Waals surface area contributed by atoms with Crippen molar-refractivity contribution in [2.45, 2.75) is 5.85 Å². The van der Waals surface area contributed by atoms with Crippen LogP contribution in [0.25, 0.3) is 0 Å². The van der Waals surface area contributed by atoms with Gasteiger partial charge in [0.15, 0.2) is 0 Å². The smallest absolute Gasteiger partial charge is 0.280 e. The number of benzene rings is 1. The molecule has 0 radical (unpaired) electrons. The molecule has 2 atom stereocenters. The maximum atomic E-state index is 14.5. The Labute approximate surface area is 108 Å². The molecule has 0 heterocycles. The first-order chi connectivity index (χ1) is 9.05. The summed E-state index contributed by atoms with van der Waals surface area (Å²) < 4.78 is 19.6. The third-order valence-corrected chi connectivity index (χ3v) is 2.68. The number of aldehydes is 1. The second-order valence-electron chi connectivity index (χ2n) is 3.96. The summed E-state index contributed by atoms with van der Waals surface area (Å²) in [6, 6.07) is 4.98. The van der Waals surface area contributed by atoms with Gasteiger partial charge in [0, 0.05) is 12.1 Å². The quantitative estimate of drug-likeness (QED) is 0.475. The molecule has 2 unspecified atom stereocenters. The first kappa shape index (κ1) is 12.9. The largest absolute Gasteiger partial charge is 0.453 e. The Morgan fingerprint density at radius 2 is 2.00 bits per heavy atom. The van der Waals surface area contributed by atoms with Gasteiger partial charge >= 0.3 is 0 Å². The summed E-state index contributed by atoms with van der Waals surface area (Å²) in [6.07, 6.45) is 5.96. The number of carbonyl (C=O) groups excluding carboxylic acids is 1. The molecule has 6 heteroatoms. The zero-order valence-electron chi connectivity index (χ0n) is 9.73. The molecule has 19 heavy (non-hydrogen) atoms. The van der Waals surface area contributed by atoms with Crippen LogP contribution in [-0.4, -0.2) is 17.1 Å². The Hall–Kier alpha value is -2.50. The Balaban J connectivity index is 2.20. The van der Waals surface area contributed by atoms with Crippen molar-refractivity contribution < 1.29 is 18.8 Å². The van der Waals surface area contributed by atoms with E-state index in [1.807, 2.05) is 0 Å². The highest BCUT2D eigenvalue weighted by Gasteiger charge is 2.38. The second-order valence-corrected chi connectivity index (χ2v) is 3.96. The van der Waals surface area contributed by atoms with Crippen molar-refractivity contribution in [3.8, 4) is 5.75 Å². The van der Waals surface area contributed by atoms with Crippen molar-refractivity contribution in [1.29, 1.82) is 0 Å². The highest BCUT2D eigenvalue weighted by atomic mass is 19.2. The van der Waals surface area contributed by atoms with Gasteiger partial charge in [-0.3, -0.25) is 10.1 Å². The SMILES string of the molecule is O=CC1C=CC=CC1(F)Oc1ccc([N+](=O)[O-])cc1. The Morgan fingerprint density at radius 1 is 1.32 bits per heavy atom. The minimum Gasteiger partial charge on any atom is -0.453 e. The summed E-state index contributed by atoms with van der Waals surface area (Å²) in [5, 5.41) is 10.5. The molecule has 1 aromatic rings. The van der Waals surface area contributed by atoms with Crippen molar-refractivity contribution in [3.05, 3.63) is 58.7 Å². The molecular formula is C13H10FNO4. The summed E-state index contributed by atoms with van der Waals surface area (Å²) in [4.78, 5) is 20.7. The lowest BCUT2D eigenvalue weighted by Gasteiger charge is -2.28. The van der Waals surface area contributed by atoms with E-state index in [1.165, 1.54) is 36.4 Å². The molecule has 0 aliphatic heterocycles. The molecule has 0 bridgehead atoms. The van der Waals surface area contributed by atoms with Gasteiger partial charge in [0.05, 0.1) is 4.92 Å². The lowest BCUT2D eigenvalue weighted by molar-refractivity contribution is -0.384. The van der Waals surface area contributed by atoms with Crippen LogP contribution in [0.1, 0.15) is 0 Å². The standard InChI is InChI=1S/C13H10FNO4/c14-13(8-2-1-3-10(13)9-16)19-12-6-4-11(5-7-12)15(17)18/h1-10H. The molecule has 0 amide bonds. The summed E-state index contributed by atoms with van der Waals surface area (Å²) in [5.41, 5.74) is -0.119. The number of hydrogen-bond acceptors (Lipinski definition) is 4. The molecule has 2 rings (SSSR count). The van der Waals surface area contributed by atoms with E-state index in [-0.39, 0.29) is 11.4 Å². The summed E-state index contributed by atoms with van der Waals surface area (Å²) >= 11 is 0. The molecule has 0 N–H and O–H groups in total. The van der Waals surface area contributed by atoms with Gasteiger partial charge in [0.25, 0.3) is 11.5 Å². The summed E-state index contributed by atoms with van der Waals surface area (Å²) in [5.74, 6) is -3.21. The van der Waals surface area contributed by atoms with E-state index in [0.29, 0.717) is 6.29 Å². The van der Waals surface area contributed by atoms with Crippen LogP contribution in [0.15, 0.2) is 48.6 Å². The van der Waals surface area contributed by atoms with Gasteiger partial charge in [-0.05, 0) is 18.2 Å². The minimum atomic E-state index is -2.27. The number of rotatable bonds is 4. The highest BCUT2D eigenvalue weighted by molar-refractivity contribution is 5.60. The van der Waals surface area contributed by atoms with Gasteiger partial charge in [-0.25, -0.2) is 0 Å². The van der Waals surface area contributed by atoms with Crippen LogP contribution in [0.4, 0.5) is 10.1 Å². The topological polar surface area (TPSA) is 69.4 Å². The normalized spacial score (nSPS) is 25.0. The predicted octanol–water partition coefficient (Wildman–Crippen LogP) is 2.58. The van der Waals surface area contributed by atoms with Crippen LogP contribution in [-0.2, 0) is 4.79 Å². The summed E-state index contributed by atoms with van der Waals surface area (Å²) in [6.45, 7) is 0. The maximum Gasteiger partial charge on any atom is 0.280 e. The monoisotopic (exact) mass is 263 g/mol. The van der Waals surface area contributed by atoms with Crippen LogP contribution in [0.3, 0.4) is 0 Å². The fourth-order valence-corrected chi connectivity index (χ4v) is 1.67. The second kappa shape index (κ2) is 5.01. The Bertz CT molecular complexity index is 552. The fraction of sp³-hybridized carbons (Fsp3) is 0.154. The highest BCUT2D eigenvalue weighted by Crippen LogP contribution is 2.31. The molecule has 0 fully saturated rings. The molecule has 0 spiro atoms. The third-order valence-electron chi connectivity index (χ3n) is 2.68. The number of alkyl halides is 1. The van der Waals surface area contributed by atoms with Crippen LogP contribution < -0.4 is 4.74 Å². The fourth-order valence-electron chi connectivity index (χ4n) is 1.67. The van der Waals surface area contributed by atoms with Crippen molar-refractivity contribution >= 4 is 12.0 Å². The number of nitrogens with zero attached hydrogens (tertiary/aromatic N) is 1. The minimum absolute atomic E-state index is 0.111. The van der Waals surface area contributed by atoms with E-state index >= 15 is 0 Å². The van der Waals surface area contributed by atoms with Crippen LogP contribution in [0, 0.1) is 16.0 Å². The Kier molecular flexibility index (Phi) is 3.41. The number of non-ortho nitro benzene ring substituents is 1. The van der Waals surface area contributed by atoms with Gasteiger partial charge < -0.3 is 9.53 Å². The van der Waals surface area contributed by atoms with Crippen molar-refractivity contribution in [2.24, 2.45) is 5.92 Å². The first-order valence-corrected chi connectivity index (χ1v) is 5.49. The number of nitro benzene ring substituents is 1. The summed E-state index contributed by atoms with van der Waals surface area (Å²) in [7, 11) is 0. The van der Waals surface area contributed by atoms with Crippen LogP contribution >= 0.6 is 0 Å². The molecular weight excluding hydrogens is 253 g/mol. The van der Waals surface area contributed by atoms with E-state index < -0.39 is 16.7 Å². The van der Waals surface area contributed by atoms with E-state index in [2.05, 4.69) is 0 Å². The van der Waals surface area contributed by atoms with E-state index in [0.717, 1.165) is 6.08 Å². The number of nitro groups is 1. The zero-order valence-corrected chi connectivity index (χ0v) is 9.73. The molecule has 1 aliphatic rings. The van der Waals surface area contributed by atoms with Crippen molar-refractivity contribution in [1.82, 2.24) is 0 Å². The zero-order chi connectivity index (χ0) is 13.9. The molecule has 0 aromatic heterocycles.